The largest absolute Gasteiger partial charge is 0.493 e. The van der Waals surface area contributed by atoms with E-state index in [1.807, 2.05) is 6.07 Å². The van der Waals surface area contributed by atoms with Crippen molar-refractivity contribution in [3.05, 3.63) is 59.4 Å². The normalized spacial score (nSPS) is 11.6. The van der Waals surface area contributed by atoms with Crippen LogP contribution in [-0.4, -0.2) is 13.1 Å². The molecule has 0 heterocycles. The SMILES string of the molecule is COc1cc(/C=C(/C#N)c2ccccc2F)ccc1OC(=O)C(C)(C)C. The smallest absolute Gasteiger partial charge is 0.316 e. The Balaban J connectivity index is 2.38. The first-order valence-electron chi connectivity index (χ1n) is 8.03. The highest BCUT2D eigenvalue weighted by Crippen LogP contribution is 2.31. The Morgan fingerprint density at radius 3 is 2.42 bits per heavy atom. The number of methoxy groups -OCH3 is 1. The second-order valence-corrected chi connectivity index (χ2v) is 6.70. The monoisotopic (exact) mass is 353 g/mol. The summed E-state index contributed by atoms with van der Waals surface area (Å²) in [6, 6.07) is 13.0. The molecule has 5 heteroatoms. The molecule has 0 spiro atoms. The summed E-state index contributed by atoms with van der Waals surface area (Å²) < 4.78 is 24.6. The molecule has 2 rings (SSSR count). The van der Waals surface area contributed by atoms with Crippen LogP contribution in [-0.2, 0) is 4.79 Å². The lowest BCUT2D eigenvalue weighted by Gasteiger charge is -2.17. The predicted octanol–water partition coefficient (Wildman–Crippen LogP) is 4.85. The molecule has 2 aromatic carbocycles. The van der Waals surface area contributed by atoms with Crippen LogP contribution < -0.4 is 9.47 Å². The molecule has 0 saturated heterocycles. The number of nitriles is 1. The first-order chi connectivity index (χ1) is 12.3. The van der Waals surface area contributed by atoms with Crippen LogP contribution in [0.15, 0.2) is 42.5 Å². The van der Waals surface area contributed by atoms with Gasteiger partial charge in [0.25, 0.3) is 0 Å². The maximum Gasteiger partial charge on any atom is 0.316 e. The lowest BCUT2D eigenvalue weighted by atomic mass is 9.97. The number of hydrogen-bond donors (Lipinski definition) is 0. The summed E-state index contributed by atoms with van der Waals surface area (Å²) in [5.74, 6) is -0.220. The Labute approximate surface area is 152 Å². The van der Waals surface area contributed by atoms with E-state index >= 15 is 0 Å². The standard InChI is InChI=1S/C21H20FNO3/c1-21(2,3)20(24)26-18-10-9-14(12-19(18)25-4)11-15(13-23)16-7-5-6-8-17(16)22/h5-12H,1-4H3/b15-11-. The van der Waals surface area contributed by atoms with Crippen LogP contribution in [0.1, 0.15) is 31.9 Å². The number of carbonyl (C=O) groups is 1. The van der Waals surface area contributed by atoms with Crippen molar-refractivity contribution in [3.8, 4) is 17.6 Å². The van der Waals surface area contributed by atoms with Crippen molar-refractivity contribution in [2.24, 2.45) is 5.41 Å². The van der Waals surface area contributed by atoms with Gasteiger partial charge >= 0.3 is 5.97 Å². The minimum Gasteiger partial charge on any atom is -0.493 e. The molecule has 0 saturated carbocycles. The van der Waals surface area contributed by atoms with E-state index in [1.54, 1.807) is 63.2 Å². The topological polar surface area (TPSA) is 59.3 Å². The Morgan fingerprint density at radius 2 is 1.85 bits per heavy atom. The van der Waals surface area contributed by atoms with Gasteiger partial charge in [-0.25, -0.2) is 4.39 Å². The third-order valence-corrected chi connectivity index (χ3v) is 3.60. The molecule has 0 atom stereocenters. The van der Waals surface area contributed by atoms with Crippen molar-refractivity contribution in [3.63, 3.8) is 0 Å². The van der Waals surface area contributed by atoms with Crippen LogP contribution in [0.4, 0.5) is 4.39 Å². The Morgan fingerprint density at radius 1 is 1.15 bits per heavy atom. The summed E-state index contributed by atoms with van der Waals surface area (Å²) in [4.78, 5) is 12.1. The second-order valence-electron chi connectivity index (χ2n) is 6.70. The first-order valence-corrected chi connectivity index (χ1v) is 8.03. The van der Waals surface area contributed by atoms with Crippen LogP contribution in [0.3, 0.4) is 0 Å². The maximum atomic E-state index is 13.9. The van der Waals surface area contributed by atoms with Gasteiger partial charge in [0.15, 0.2) is 11.5 Å². The van der Waals surface area contributed by atoms with Crippen LogP contribution in [0.2, 0.25) is 0 Å². The number of ether oxygens (including phenoxy) is 2. The number of hydrogen-bond acceptors (Lipinski definition) is 4. The molecule has 26 heavy (non-hydrogen) atoms. The second kappa shape index (κ2) is 7.83. The fourth-order valence-electron chi connectivity index (χ4n) is 2.13. The molecule has 0 aromatic heterocycles. The third kappa shape index (κ3) is 4.48. The van der Waals surface area contributed by atoms with Gasteiger partial charge in [-0.15, -0.1) is 0 Å². The molecule has 0 radical (unpaired) electrons. The zero-order chi connectivity index (χ0) is 19.3. The minimum atomic E-state index is -0.650. The fourth-order valence-corrected chi connectivity index (χ4v) is 2.13. The van der Waals surface area contributed by atoms with E-state index in [4.69, 9.17) is 9.47 Å². The number of esters is 1. The van der Waals surface area contributed by atoms with E-state index in [0.29, 0.717) is 11.3 Å². The Kier molecular flexibility index (Phi) is 5.78. The van der Waals surface area contributed by atoms with E-state index in [-0.39, 0.29) is 22.9 Å². The molecule has 0 bridgehead atoms. The van der Waals surface area contributed by atoms with E-state index in [1.165, 1.54) is 13.2 Å². The molecule has 4 nitrogen and oxygen atoms in total. The highest BCUT2D eigenvalue weighted by atomic mass is 19.1. The van der Waals surface area contributed by atoms with Gasteiger partial charge in [0.2, 0.25) is 0 Å². The van der Waals surface area contributed by atoms with Crippen molar-refractivity contribution in [1.82, 2.24) is 0 Å². The fraction of sp³-hybridized carbons (Fsp3) is 0.238. The Bertz CT molecular complexity index is 889. The zero-order valence-corrected chi connectivity index (χ0v) is 15.2. The highest BCUT2D eigenvalue weighted by molar-refractivity contribution is 5.90. The quantitative estimate of drug-likeness (QED) is 0.341. The zero-order valence-electron chi connectivity index (χ0n) is 15.2. The summed E-state index contributed by atoms with van der Waals surface area (Å²) in [5.41, 5.74) is 0.376. The molecule has 0 aliphatic rings. The van der Waals surface area contributed by atoms with Crippen molar-refractivity contribution >= 4 is 17.6 Å². The predicted molar refractivity (Wildman–Crippen MR) is 98.0 cm³/mol. The summed E-state index contributed by atoms with van der Waals surface area (Å²) in [7, 11) is 1.46. The lowest BCUT2D eigenvalue weighted by Crippen LogP contribution is -2.25. The molecule has 0 aliphatic heterocycles. The Hall–Kier alpha value is -3.13. The molecule has 2 aromatic rings. The van der Waals surface area contributed by atoms with Gasteiger partial charge in [-0.2, -0.15) is 5.26 Å². The number of rotatable bonds is 4. The number of halogens is 1. The average Bonchev–Trinajstić information content (AvgIpc) is 2.60. The lowest BCUT2D eigenvalue weighted by molar-refractivity contribution is -0.143. The third-order valence-electron chi connectivity index (χ3n) is 3.60. The van der Waals surface area contributed by atoms with E-state index < -0.39 is 11.2 Å². The molecule has 134 valence electrons. The molecular weight excluding hydrogens is 333 g/mol. The van der Waals surface area contributed by atoms with Crippen LogP contribution in [0.5, 0.6) is 11.5 Å². The van der Waals surface area contributed by atoms with Gasteiger partial charge in [0.1, 0.15) is 5.82 Å². The van der Waals surface area contributed by atoms with Crippen molar-refractivity contribution in [2.75, 3.05) is 7.11 Å². The van der Waals surface area contributed by atoms with Gasteiger partial charge < -0.3 is 9.47 Å². The van der Waals surface area contributed by atoms with Crippen molar-refractivity contribution in [2.45, 2.75) is 20.8 Å². The summed E-state index contributed by atoms with van der Waals surface area (Å²) >= 11 is 0. The van der Waals surface area contributed by atoms with Gasteiger partial charge in [0.05, 0.1) is 24.2 Å². The molecular formula is C21H20FNO3. The number of benzene rings is 2. The van der Waals surface area contributed by atoms with E-state index in [2.05, 4.69) is 0 Å². The van der Waals surface area contributed by atoms with Crippen LogP contribution in [0.25, 0.3) is 11.6 Å². The number of carbonyl (C=O) groups excluding carboxylic acids is 1. The van der Waals surface area contributed by atoms with Gasteiger partial charge in [-0.05, 0) is 50.6 Å². The van der Waals surface area contributed by atoms with Crippen molar-refractivity contribution in [1.29, 1.82) is 5.26 Å². The molecule has 0 aliphatic carbocycles. The summed E-state index contributed by atoms with van der Waals surface area (Å²) in [5, 5.41) is 9.37. The molecule has 0 unspecified atom stereocenters. The molecule has 0 N–H and O–H groups in total. The van der Waals surface area contributed by atoms with Gasteiger partial charge in [-0.3, -0.25) is 4.79 Å². The number of allylic oxidation sites excluding steroid dienone is 1. The van der Waals surface area contributed by atoms with Crippen LogP contribution >= 0.6 is 0 Å². The molecule has 0 amide bonds. The van der Waals surface area contributed by atoms with Crippen molar-refractivity contribution < 1.29 is 18.7 Å². The average molecular weight is 353 g/mol. The number of nitrogens with zero attached hydrogens (tertiary/aromatic N) is 1. The first kappa shape index (κ1) is 19.2. The molecule has 0 fully saturated rings. The van der Waals surface area contributed by atoms with Gasteiger partial charge in [0, 0.05) is 5.56 Å². The summed E-state index contributed by atoms with van der Waals surface area (Å²) in [6.07, 6.45) is 1.55. The maximum absolute atomic E-state index is 13.9. The summed E-state index contributed by atoms with van der Waals surface area (Å²) in [6.45, 7) is 5.27. The van der Waals surface area contributed by atoms with E-state index in [9.17, 15) is 14.4 Å². The van der Waals surface area contributed by atoms with Gasteiger partial charge in [-0.1, -0.05) is 24.3 Å². The highest BCUT2D eigenvalue weighted by Gasteiger charge is 2.25. The minimum absolute atomic E-state index is 0.185. The van der Waals surface area contributed by atoms with E-state index in [0.717, 1.165) is 0 Å². The van der Waals surface area contributed by atoms with Crippen LogP contribution in [0, 0.1) is 22.6 Å².